The first-order chi connectivity index (χ1) is 7.05. The van der Waals surface area contributed by atoms with Crippen molar-refractivity contribution in [3.05, 3.63) is 53.9 Å². The molecular formula is C13H15BP. The van der Waals surface area contributed by atoms with E-state index in [0.29, 0.717) is 5.66 Å². The van der Waals surface area contributed by atoms with Gasteiger partial charge in [-0.05, 0) is 37.1 Å². The van der Waals surface area contributed by atoms with Gasteiger partial charge in [0.05, 0.1) is 5.66 Å². The summed E-state index contributed by atoms with van der Waals surface area (Å²) in [6.07, 6.45) is 0. The molecule has 0 aliphatic carbocycles. The maximum absolute atomic E-state index is 6.58. The zero-order valence-electron chi connectivity index (χ0n) is 9.27. The molecule has 0 fully saturated rings. The van der Waals surface area contributed by atoms with Crippen LogP contribution in [-0.4, -0.2) is 13.2 Å². The van der Waals surface area contributed by atoms with Gasteiger partial charge in [-0.15, -0.1) is 0 Å². The van der Waals surface area contributed by atoms with Crippen molar-refractivity contribution in [2.75, 3.05) is 0 Å². The van der Waals surface area contributed by atoms with Crippen molar-refractivity contribution in [2.45, 2.75) is 19.5 Å². The first-order valence-corrected chi connectivity index (χ1v) is 7.16. The van der Waals surface area contributed by atoms with Crippen molar-refractivity contribution >= 4 is 20.0 Å². The van der Waals surface area contributed by atoms with E-state index in [1.165, 1.54) is 16.5 Å². The molecule has 0 amide bonds. The number of allylic oxidation sites excluding steroid dienone is 2. The molecule has 3 radical (unpaired) electrons. The van der Waals surface area contributed by atoms with E-state index in [-0.39, 0.29) is 0 Å². The molecular weight excluding hydrogens is 198 g/mol. The van der Waals surface area contributed by atoms with Gasteiger partial charge in [0.1, 0.15) is 0 Å². The molecule has 1 unspecified atom stereocenters. The Morgan fingerprint density at radius 1 is 1.27 bits per heavy atom. The Morgan fingerprint density at radius 2 is 1.87 bits per heavy atom. The highest BCUT2D eigenvalue weighted by molar-refractivity contribution is 8.06. The van der Waals surface area contributed by atoms with Crippen LogP contribution in [0.25, 0.3) is 0 Å². The maximum Gasteiger partial charge on any atom is 0.0524 e. The predicted molar refractivity (Wildman–Crippen MR) is 71.1 cm³/mol. The minimum absolute atomic E-state index is 0.389. The fourth-order valence-electron chi connectivity index (χ4n) is 2.09. The third-order valence-corrected chi connectivity index (χ3v) is 6.86. The predicted octanol–water partition coefficient (Wildman–Crippen LogP) is 3.28. The Hall–Kier alpha value is -0.805. The van der Waals surface area contributed by atoms with Crippen LogP contribution < -0.4 is 5.30 Å². The molecule has 1 heterocycles. The number of hydrogen-bond acceptors (Lipinski definition) is 0. The number of benzene rings is 1. The summed E-state index contributed by atoms with van der Waals surface area (Å²) in [5, 5.41) is 1.27. The van der Waals surface area contributed by atoms with Gasteiger partial charge >= 0.3 is 0 Å². The zero-order valence-corrected chi connectivity index (χ0v) is 10.2. The molecule has 75 valence electrons. The lowest BCUT2D eigenvalue weighted by molar-refractivity contribution is 1.15. The first kappa shape index (κ1) is 10.7. The summed E-state index contributed by atoms with van der Waals surface area (Å²) in [6.45, 7) is 8.41. The average molecular weight is 213 g/mol. The Balaban J connectivity index is 2.49. The fourth-order valence-corrected chi connectivity index (χ4v) is 5.12. The zero-order chi connectivity index (χ0) is 11.1. The van der Waals surface area contributed by atoms with Gasteiger partial charge in [-0.2, -0.15) is 7.14 Å². The summed E-state index contributed by atoms with van der Waals surface area (Å²) in [5.74, 6) is 2.25. The van der Waals surface area contributed by atoms with Gasteiger partial charge in [0, 0.05) is 11.1 Å². The van der Waals surface area contributed by atoms with Gasteiger partial charge in [0.25, 0.3) is 0 Å². The minimum Gasteiger partial charge on any atom is -0.292 e. The van der Waals surface area contributed by atoms with Crippen LogP contribution in [0.4, 0.5) is 0 Å². The van der Waals surface area contributed by atoms with E-state index in [4.69, 9.17) is 7.57 Å². The van der Waals surface area contributed by atoms with Gasteiger partial charge in [-0.1, -0.05) is 24.8 Å². The topological polar surface area (TPSA) is 0 Å². The molecule has 2 heteroatoms. The largest absolute Gasteiger partial charge is 0.292 e. The highest BCUT2D eigenvalue weighted by Crippen LogP contribution is 2.66. The van der Waals surface area contributed by atoms with E-state index in [1.807, 2.05) is 6.07 Å². The summed E-state index contributed by atoms with van der Waals surface area (Å²) >= 11 is 0. The van der Waals surface area contributed by atoms with Crippen molar-refractivity contribution < 1.29 is 0 Å². The van der Waals surface area contributed by atoms with Gasteiger partial charge in [-0.25, -0.2) is 0 Å². The molecule has 2 atom stereocenters. The van der Waals surface area contributed by atoms with Crippen molar-refractivity contribution in [3.63, 3.8) is 0 Å². The van der Waals surface area contributed by atoms with Gasteiger partial charge < -0.3 is 0 Å². The quantitative estimate of drug-likeness (QED) is 0.496. The second kappa shape index (κ2) is 3.65. The summed E-state index contributed by atoms with van der Waals surface area (Å²) < 4.78 is 0. The Morgan fingerprint density at radius 3 is 2.33 bits per heavy atom. The van der Waals surface area contributed by atoms with Crippen LogP contribution in [0.15, 0.2) is 53.9 Å². The molecule has 0 nitrogen and oxygen atoms in total. The van der Waals surface area contributed by atoms with Crippen LogP contribution in [0.2, 0.25) is 0 Å². The molecule has 1 aromatic rings. The van der Waals surface area contributed by atoms with E-state index in [1.54, 1.807) is 0 Å². The van der Waals surface area contributed by atoms with Gasteiger partial charge in [0.15, 0.2) is 0 Å². The molecule has 1 aliphatic rings. The van der Waals surface area contributed by atoms with E-state index in [2.05, 4.69) is 50.5 Å². The lowest BCUT2D eigenvalue weighted by Gasteiger charge is -2.35. The molecule has 0 saturated heterocycles. The molecule has 1 aromatic carbocycles. The molecule has 1 aliphatic heterocycles. The molecule has 0 spiro atoms. The van der Waals surface area contributed by atoms with Crippen LogP contribution in [0, 0.1) is 0 Å². The molecule has 0 aromatic heterocycles. The Kier molecular flexibility index (Phi) is 2.60. The van der Waals surface area contributed by atoms with Crippen LogP contribution in [0.3, 0.4) is 0 Å². The van der Waals surface area contributed by atoms with Crippen molar-refractivity contribution in [2.24, 2.45) is 0 Å². The average Bonchev–Trinajstić information content (AvgIpc) is 2.45. The van der Waals surface area contributed by atoms with Gasteiger partial charge in [0.2, 0.25) is 0 Å². The SMILES string of the molecule is [B-][P+]1(c2ccccc2)C=C(C)C(=C)[C@H]1C. The van der Waals surface area contributed by atoms with Crippen molar-refractivity contribution in [1.29, 1.82) is 0 Å². The summed E-state index contributed by atoms with van der Waals surface area (Å²) in [6, 6.07) is 10.4. The van der Waals surface area contributed by atoms with E-state index in [9.17, 15) is 0 Å². The van der Waals surface area contributed by atoms with E-state index in [0.717, 1.165) is 0 Å². The number of rotatable bonds is 1. The van der Waals surface area contributed by atoms with E-state index >= 15 is 0 Å². The monoisotopic (exact) mass is 213 g/mol. The lowest BCUT2D eigenvalue weighted by Crippen LogP contribution is -2.17. The Labute approximate surface area is 93.8 Å². The maximum atomic E-state index is 6.58. The first-order valence-electron chi connectivity index (χ1n) is 5.17. The van der Waals surface area contributed by atoms with Gasteiger partial charge in [-0.3, -0.25) is 7.57 Å². The summed E-state index contributed by atoms with van der Waals surface area (Å²) in [5.41, 5.74) is 2.86. The minimum atomic E-state index is -1.64. The third-order valence-electron chi connectivity index (χ3n) is 3.26. The third kappa shape index (κ3) is 1.60. The van der Waals surface area contributed by atoms with Crippen LogP contribution >= 0.6 is 7.14 Å². The van der Waals surface area contributed by atoms with Crippen molar-refractivity contribution in [1.82, 2.24) is 0 Å². The molecule has 0 N–H and O–H groups in total. The highest BCUT2D eigenvalue weighted by atomic mass is 31.2. The van der Waals surface area contributed by atoms with E-state index < -0.39 is 7.14 Å². The number of hydrogen-bond donors (Lipinski definition) is 0. The molecule has 0 saturated carbocycles. The summed E-state index contributed by atoms with van der Waals surface area (Å²) in [7, 11) is 4.94. The Bertz CT molecular complexity index is 421. The van der Waals surface area contributed by atoms with Crippen LogP contribution in [0.5, 0.6) is 0 Å². The summed E-state index contributed by atoms with van der Waals surface area (Å²) in [4.78, 5) is 0. The van der Waals surface area contributed by atoms with Crippen molar-refractivity contribution in [3.8, 4) is 0 Å². The van der Waals surface area contributed by atoms with Crippen LogP contribution in [-0.2, 0) is 0 Å². The normalized spacial score (nSPS) is 30.5. The van der Waals surface area contributed by atoms with Crippen LogP contribution in [0.1, 0.15) is 13.8 Å². The molecule has 2 rings (SSSR count). The standard InChI is InChI=1S/C13H15BP/c1-10-9-15(14,12(3)11(10)2)13-7-5-4-6-8-13/h4-9,12H,2H2,1,3H3/t12-,15?/m1/s1. The second-order valence-corrected chi connectivity index (χ2v) is 7.40. The second-order valence-electron chi connectivity index (χ2n) is 4.18. The molecule has 0 bridgehead atoms. The lowest BCUT2D eigenvalue weighted by atomic mass is 10.1. The molecule has 15 heavy (non-hydrogen) atoms. The highest BCUT2D eigenvalue weighted by Gasteiger charge is 2.34. The smallest absolute Gasteiger partial charge is 0.0524 e. The fraction of sp³-hybridized carbons (Fsp3) is 0.231.